The molecule has 0 saturated heterocycles. The van der Waals surface area contributed by atoms with E-state index in [0.717, 1.165) is 15.9 Å². The second-order valence-electron chi connectivity index (χ2n) is 4.46. The van der Waals surface area contributed by atoms with Crippen molar-refractivity contribution in [2.45, 2.75) is 13.8 Å². The lowest BCUT2D eigenvalue weighted by atomic mass is 10.1. The van der Waals surface area contributed by atoms with Crippen LogP contribution in [0.15, 0.2) is 53.0 Å². The summed E-state index contributed by atoms with van der Waals surface area (Å²) < 4.78 is 6.26. The van der Waals surface area contributed by atoms with Crippen molar-refractivity contribution in [3.05, 3.63) is 58.6 Å². The number of rotatable bonds is 5. The molecule has 0 atom stereocenters. The van der Waals surface area contributed by atoms with E-state index in [1.807, 2.05) is 50.2 Å². The van der Waals surface area contributed by atoms with Crippen LogP contribution < -0.4 is 9.64 Å². The SMILES string of the molecule is CCOc1ccc(C(=O)N(CC)c2ccccc2)cc1Br. The van der Waals surface area contributed by atoms with Crippen molar-refractivity contribution in [3.8, 4) is 5.75 Å². The maximum atomic E-state index is 12.7. The minimum absolute atomic E-state index is 0.0209. The molecule has 0 saturated carbocycles. The summed E-state index contributed by atoms with van der Waals surface area (Å²) in [6.45, 7) is 5.11. The van der Waals surface area contributed by atoms with Gasteiger partial charge in [-0.05, 0) is 60.1 Å². The van der Waals surface area contributed by atoms with E-state index in [1.54, 1.807) is 17.0 Å². The third kappa shape index (κ3) is 3.64. The Hall–Kier alpha value is -1.81. The van der Waals surface area contributed by atoms with Crippen LogP contribution in [0.5, 0.6) is 5.75 Å². The Morgan fingerprint density at radius 2 is 1.86 bits per heavy atom. The van der Waals surface area contributed by atoms with Crippen LogP contribution in [0.25, 0.3) is 0 Å². The summed E-state index contributed by atoms with van der Waals surface area (Å²) >= 11 is 3.45. The molecule has 0 unspecified atom stereocenters. The number of nitrogens with zero attached hydrogens (tertiary/aromatic N) is 1. The van der Waals surface area contributed by atoms with Crippen molar-refractivity contribution in [1.82, 2.24) is 0 Å². The molecular formula is C17H18BrNO2. The van der Waals surface area contributed by atoms with Gasteiger partial charge in [0.25, 0.3) is 5.91 Å². The molecule has 0 aliphatic carbocycles. The van der Waals surface area contributed by atoms with Crippen molar-refractivity contribution in [2.24, 2.45) is 0 Å². The predicted octanol–water partition coefficient (Wildman–Crippen LogP) is 4.51. The number of carbonyl (C=O) groups is 1. The molecule has 0 aliphatic heterocycles. The predicted molar refractivity (Wildman–Crippen MR) is 89.1 cm³/mol. The van der Waals surface area contributed by atoms with Gasteiger partial charge in [-0.25, -0.2) is 0 Å². The second-order valence-corrected chi connectivity index (χ2v) is 5.32. The molecule has 0 heterocycles. The van der Waals surface area contributed by atoms with Crippen molar-refractivity contribution >= 4 is 27.5 Å². The Morgan fingerprint density at radius 3 is 2.43 bits per heavy atom. The van der Waals surface area contributed by atoms with E-state index in [9.17, 15) is 4.79 Å². The molecule has 0 radical (unpaired) electrons. The second kappa shape index (κ2) is 7.27. The average molecular weight is 348 g/mol. The van der Waals surface area contributed by atoms with Gasteiger partial charge in [0.05, 0.1) is 11.1 Å². The molecule has 3 nitrogen and oxygen atoms in total. The Balaban J connectivity index is 2.28. The van der Waals surface area contributed by atoms with E-state index in [4.69, 9.17) is 4.74 Å². The van der Waals surface area contributed by atoms with Gasteiger partial charge >= 0.3 is 0 Å². The standard InChI is InChI=1S/C17H18BrNO2/c1-3-19(14-8-6-5-7-9-14)17(20)13-10-11-16(21-4-2)15(18)12-13/h5-12H,3-4H2,1-2H3. The summed E-state index contributed by atoms with van der Waals surface area (Å²) in [6, 6.07) is 15.1. The maximum Gasteiger partial charge on any atom is 0.258 e. The van der Waals surface area contributed by atoms with E-state index in [1.165, 1.54) is 0 Å². The number of carbonyl (C=O) groups excluding carboxylic acids is 1. The van der Waals surface area contributed by atoms with Crippen LogP contribution >= 0.6 is 15.9 Å². The fourth-order valence-electron chi connectivity index (χ4n) is 2.11. The molecule has 2 aromatic rings. The summed E-state index contributed by atoms with van der Waals surface area (Å²) in [7, 11) is 0. The molecule has 0 spiro atoms. The molecule has 1 amide bonds. The lowest BCUT2D eigenvalue weighted by molar-refractivity contribution is 0.0988. The average Bonchev–Trinajstić information content (AvgIpc) is 2.51. The summed E-state index contributed by atoms with van der Waals surface area (Å²) in [5.74, 6) is 0.726. The number of amides is 1. The molecule has 21 heavy (non-hydrogen) atoms. The van der Waals surface area contributed by atoms with E-state index < -0.39 is 0 Å². The molecule has 0 N–H and O–H groups in total. The lowest BCUT2D eigenvalue weighted by Crippen LogP contribution is -2.30. The smallest absolute Gasteiger partial charge is 0.258 e. The zero-order valence-corrected chi connectivity index (χ0v) is 13.8. The molecule has 0 bridgehead atoms. The van der Waals surface area contributed by atoms with Crippen molar-refractivity contribution in [1.29, 1.82) is 0 Å². The molecule has 0 fully saturated rings. The third-order valence-electron chi connectivity index (χ3n) is 3.11. The first-order valence-corrected chi connectivity index (χ1v) is 7.76. The summed E-state index contributed by atoms with van der Waals surface area (Å²) in [5, 5.41) is 0. The van der Waals surface area contributed by atoms with E-state index >= 15 is 0 Å². The first-order valence-electron chi connectivity index (χ1n) is 6.96. The zero-order chi connectivity index (χ0) is 15.2. The van der Waals surface area contributed by atoms with Crippen molar-refractivity contribution in [2.75, 3.05) is 18.1 Å². The Kier molecular flexibility index (Phi) is 5.39. The lowest BCUT2D eigenvalue weighted by Gasteiger charge is -2.21. The number of para-hydroxylation sites is 1. The van der Waals surface area contributed by atoms with Crippen LogP contribution in [0.4, 0.5) is 5.69 Å². The highest BCUT2D eigenvalue weighted by molar-refractivity contribution is 9.10. The summed E-state index contributed by atoms with van der Waals surface area (Å²) in [6.07, 6.45) is 0. The molecule has 2 aromatic carbocycles. The highest BCUT2D eigenvalue weighted by Gasteiger charge is 2.17. The van der Waals surface area contributed by atoms with Gasteiger partial charge in [-0.15, -0.1) is 0 Å². The van der Waals surface area contributed by atoms with E-state index in [2.05, 4.69) is 15.9 Å². The minimum Gasteiger partial charge on any atom is -0.493 e. The largest absolute Gasteiger partial charge is 0.493 e. The Bertz CT molecular complexity index is 613. The minimum atomic E-state index is -0.0209. The fourth-order valence-corrected chi connectivity index (χ4v) is 2.61. The number of benzene rings is 2. The van der Waals surface area contributed by atoms with Gasteiger partial charge in [0.15, 0.2) is 0 Å². The van der Waals surface area contributed by atoms with Crippen LogP contribution in [0, 0.1) is 0 Å². The maximum absolute atomic E-state index is 12.7. The van der Waals surface area contributed by atoms with Crippen LogP contribution in [0.3, 0.4) is 0 Å². The fraction of sp³-hybridized carbons (Fsp3) is 0.235. The number of hydrogen-bond donors (Lipinski definition) is 0. The van der Waals surface area contributed by atoms with Crippen molar-refractivity contribution in [3.63, 3.8) is 0 Å². The normalized spacial score (nSPS) is 10.2. The molecule has 0 aliphatic rings. The van der Waals surface area contributed by atoms with E-state index in [0.29, 0.717) is 18.7 Å². The van der Waals surface area contributed by atoms with Crippen LogP contribution in [0.2, 0.25) is 0 Å². The number of halogens is 1. The Morgan fingerprint density at radius 1 is 1.14 bits per heavy atom. The molecule has 0 aromatic heterocycles. The van der Waals surface area contributed by atoms with Crippen LogP contribution in [-0.4, -0.2) is 19.1 Å². The van der Waals surface area contributed by atoms with Crippen LogP contribution in [-0.2, 0) is 0 Å². The first kappa shape index (κ1) is 15.6. The van der Waals surface area contributed by atoms with Gasteiger partial charge in [0, 0.05) is 17.8 Å². The first-order chi connectivity index (χ1) is 10.2. The quantitative estimate of drug-likeness (QED) is 0.795. The van der Waals surface area contributed by atoms with Crippen LogP contribution in [0.1, 0.15) is 24.2 Å². The van der Waals surface area contributed by atoms with Gasteiger partial charge < -0.3 is 9.64 Å². The number of hydrogen-bond acceptors (Lipinski definition) is 2. The van der Waals surface area contributed by atoms with Gasteiger partial charge in [0.1, 0.15) is 5.75 Å². The zero-order valence-electron chi connectivity index (χ0n) is 12.2. The molecule has 110 valence electrons. The molecular weight excluding hydrogens is 330 g/mol. The van der Waals surface area contributed by atoms with E-state index in [-0.39, 0.29) is 5.91 Å². The van der Waals surface area contributed by atoms with Gasteiger partial charge in [-0.1, -0.05) is 18.2 Å². The number of ether oxygens (including phenoxy) is 1. The molecule has 4 heteroatoms. The monoisotopic (exact) mass is 347 g/mol. The Labute approximate surface area is 133 Å². The van der Waals surface area contributed by atoms with Gasteiger partial charge in [-0.3, -0.25) is 4.79 Å². The van der Waals surface area contributed by atoms with Crippen molar-refractivity contribution < 1.29 is 9.53 Å². The molecule has 2 rings (SSSR count). The summed E-state index contributed by atoms with van der Waals surface area (Å²) in [5.41, 5.74) is 1.53. The topological polar surface area (TPSA) is 29.5 Å². The number of anilines is 1. The van der Waals surface area contributed by atoms with Gasteiger partial charge in [0.2, 0.25) is 0 Å². The highest BCUT2D eigenvalue weighted by atomic mass is 79.9. The highest BCUT2D eigenvalue weighted by Crippen LogP contribution is 2.27. The summed E-state index contributed by atoms with van der Waals surface area (Å²) in [4.78, 5) is 14.4. The third-order valence-corrected chi connectivity index (χ3v) is 3.73. The van der Waals surface area contributed by atoms with Gasteiger partial charge in [-0.2, -0.15) is 0 Å².